The number of carbonyl (C=O) groups excluding carboxylic acids is 2. The summed E-state index contributed by atoms with van der Waals surface area (Å²) in [5, 5.41) is 17.3. The van der Waals surface area contributed by atoms with Crippen molar-refractivity contribution in [3.8, 4) is 17.5 Å². The summed E-state index contributed by atoms with van der Waals surface area (Å²) in [7, 11) is 0. The summed E-state index contributed by atoms with van der Waals surface area (Å²) in [5.74, 6) is 0.135. The first-order chi connectivity index (χ1) is 18.2. The van der Waals surface area contributed by atoms with Crippen LogP contribution in [0.1, 0.15) is 48.7 Å². The molecule has 1 aliphatic carbocycles. The molecule has 3 aromatic rings. The summed E-state index contributed by atoms with van der Waals surface area (Å²) in [4.78, 5) is 36.7. The number of aromatic nitrogens is 2. The van der Waals surface area contributed by atoms with E-state index in [0.717, 1.165) is 48.6 Å². The second kappa shape index (κ2) is 10.5. The van der Waals surface area contributed by atoms with E-state index in [-0.39, 0.29) is 30.6 Å². The Kier molecular flexibility index (Phi) is 7.15. The summed E-state index contributed by atoms with van der Waals surface area (Å²) in [5.41, 5.74) is 3.23. The lowest BCUT2D eigenvalue weighted by Gasteiger charge is -2.36. The largest absolute Gasteiger partial charge is 0.372 e. The van der Waals surface area contributed by atoms with Crippen LogP contribution in [0, 0.1) is 11.3 Å². The van der Waals surface area contributed by atoms with Crippen LogP contribution in [0.4, 0.5) is 10.9 Å². The molecule has 1 fully saturated rings. The number of ether oxygens (including phenoxy) is 1. The van der Waals surface area contributed by atoms with Gasteiger partial charge in [-0.25, -0.2) is 9.97 Å². The van der Waals surface area contributed by atoms with E-state index in [4.69, 9.17) is 9.72 Å². The maximum Gasteiger partial charge on any atom is 0.251 e. The number of hydrogen-bond donors (Lipinski definition) is 2. The summed E-state index contributed by atoms with van der Waals surface area (Å²) in [6.45, 7) is 7.36. The number of nitrogens with one attached hydrogen (secondary N) is 2. The molecule has 1 unspecified atom stereocenters. The molecule has 0 saturated carbocycles. The van der Waals surface area contributed by atoms with Crippen LogP contribution >= 0.6 is 11.3 Å². The Bertz CT molecular complexity index is 1410. The van der Waals surface area contributed by atoms with E-state index < -0.39 is 5.41 Å². The van der Waals surface area contributed by atoms with Gasteiger partial charge in [0.2, 0.25) is 5.91 Å². The number of nitrogens with zero attached hydrogens (tertiary/aromatic N) is 4. The number of anilines is 2. The highest BCUT2D eigenvalue weighted by Gasteiger charge is 2.35. The van der Waals surface area contributed by atoms with Gasteiger partial charge < -0.3 is 20.3 Å². The molecule has 196 valence electrons. The van der Waals surface area contributed by atoms with Crippen LogP contribution in [0.5, 0.6) is 0 Å². The number of carbonyl (C=O) groups is 2. The molecule has 2 aliphatic rings. The lowest BCUT2D eigenvalue weighted by molar-refractivity contribution is -0.115. The third kappa shape index (κ3) is 5.39. The van der Waals surface area contributed by atoms with Gasteiger partial charge >= 0.3 is 0 Å². The molecule has 9 nitrogen and oxygen atoms in total. The van der Waals surface area contributed by atoms with E-state index in [9.17, 15) is 14.9 Å². The Morgan fingerprint density at radius 3 is 2.74 bits per heavy atom. The maximum absolute atomic E-state index is 12.7. The number of pyridine rings is 1. The van der Waals surface area contributed by atoms with E-state index in [1.807, 2.05) is 36.6 Å². The highest BCUT2D eigenvalue weighted by atomic mass is 32.1. The van der Waals surface area contributed by atoms with Crippen LogP contribution in [0.25, 0.3) is 11.4 Å². The molecule has 1 aromatic carbocycles. The Labute approximate surface area is 225 Å². The lowest BCUT2D eigenvalue weighted by atomic mass is 9.85. The number of benzene rings is 1. The predicted molar refractivity (Wildman–Crippen MR) is 146 cm³/mol. The predicted octanol–water partition coefficient (Wildman–Crippen LogP) is 3.91. The molecule has 2 amide bonds. The van der Waals surface area contributed by atoms with Crippen molar-refractivity contribution in [3.05, 3.63) is 58.5 Å². The van der Waals surface area contributed by atoms with Crippen LogP contribution < -0.4 is 15.5 Å². The van der Waals surface area contributed by atoms with Crippen LogP contribution in [0.3, 0.4) is 0 Å². The average molecular weight is 531 g/mol. The van der Waals surface area contributed by atoms with Gasteiger partial charge in [0.1, 0.15) is 11.5 Å². The number of fused-ring (bicyclic) bond motifs is 1. The topological polar surface area (TPSA) is 120 Å². The van der Waals surface area contributed by atoms with E-state index >= 15 is 0 Å². The number of thiazole rings is 1. The quantitative estimate of drug-likeness (QED) is 0.496. The Morgan fingerprint density at radius 2 is 1.97 bits per heavy atom. The van der Waals surface area contributed by atoms with Crippen LogP contribution in [0.2, 0.25) is 0 Å². The van der Waals surface area contributed by atoms with Gasteiger partial charge in [0, 0.05) is 24.0 Å². The molecule has 0 radical (unpaired) electrons. The number of morpholine rings is 1. The third-order valence-corrected chi connectivity index (χ3v) is 7.77. The Morgan fingerprint density at radius 1 is 1.18 bits per heavy atom. The smallest absolute Gasteiger partial charge is 0.251 e. The maximum atomic E-state index is 12.7. The lowest BCUT2D eigenvalue weighted by Crippen LogP contribution is -2.45. The highest BCUT2D eigenvalue weighted by Crippen LogP contribution is 2.38. The molecule has 3 atom stereocenters. The van der Waals surface area contributed by atoms with Gasteiger partial charge in [-0.2, -0.15) is 5.26 Å². The van der Waals surface area contributed by atoms with Crippen molar-refractivity contribution in [2.24, 2.45) is 0 Å². The molecule has 5 rings (SSSR count). The monoisotopic (exact) mass is 530 g/mol. The van der Waals surface area contributed by atoms with Gasteiger partial charge in [-0.3, -0.25) is 9.59 Å². The summed E-state index contributed by atoms with van der Waals surface area (Å²) < 4.78 is 5.82. The van der Waals surface area contributed by atoms with E-state index in [1.165, 1.54) is 11.3 Å². The zero-order chi connectivity index (χ0) is 26.9. The minimum atomic E-state index is -0.584. The van der Waals surface area contributed by atoms with Crippen molar-refractivity contribution in [2.75, 3.05) is 29.9 Å². The minimum absolute atomic E-state index is 0.131. The second-order valence-corrected chi connectivity index (χ2v) is 11.0. The standard InChI is InChI=1S/C28H30N6O3S/c1-17-13-34(14-18(2)37-17)24-6-4-5-22(31-24)23-15-38-27(32-23)33-25(35)12-30-26(36)20-8-7-19-9-10-28(3,16-29)21(19)11-20/h4-8,11,15,17-18H,9-10,12-14H2,1-3H3,(H,30,36)(H,32,33,35)/t17-,18+,28?. The molecular weight excluding hydrogens is 500 g/mol. The van der Waals surface area contributed by atoms with Crippen molar-refractivity contribution in [1.29, 1.82) is 5.26 Å². The zero-order valence-corrected chi connectivity index (χ0v) is 22.5. The first-order valence-electron chi connectivity index (χ1n) is 12.7. The first-order valence-corrected chi connectivity index (χ1v) is 13.6. The summed E-state index contributed by atoms with van der Waals surface area (Å²) >= 11 is 1.30. The number of aryl methyl sites for hydroxylation is 1. The fourth-order valence-corrected chi connectivity index (χ4v) is 5.79. The molecule has 0 bridgehead atoms. The van der Waals surface area contributed by atoms with Gasteiger partial charge in [-0.05, 0) is 69.0 Å². The first kappa shape index (κ1) is 25.8. The van der Waals surface area contributed by atoms with Crippen molar-refractivity contribution in [1.82, 2.24) is 15.3 Å². The molecule has 38 heavy (non-hydrogen) atoms. The van der Waals surface area contributed by atoms with Gasteiger partial charge in [0.05, 0.1) is 35.9 Å². The average Bonchev–Trinajstić information content (AvgIpc) is 3.51. The molecule has 10 heteroatoms. The SMILES string of the molecule is C[C@@H]1CN(c2cccc(-c3csc(NC(=O)CNC(=O)c4ccc5c(c4)C(C)(C#N)CC5)n3)n2)C[C@H](C)O1. The molecule has 1 aliphatic heterocycles. The molecule has 1 saturated heterocycles. The van der Waals surface area contributed by atoms with E-state index in [1.54, 1.807) is 12.1 Å². The summed E-state index contributed by atoms with van der Waals surface area (Å²) in [6, 6.07) is 13.6. The second-order valence-electron chi connectivity index (χ2n) is 10.1. The zero-order valence-electron chi connectivity index (χ0n) is 21.7. The van der Waals surface area contributed by atoms with Crippen molar-refractivity contribution < 1.29 is 14.3 Å². The fraction of sp³-hybridized carbons (Fsp3) is 0.393. The van der Waals surface area contributed by atoms with Gasteiger partial charge in [0.15, 0.2) is 5.13 Å². The summed E-state index contributed by atoms with van der Waals surface area (Å²) in [6.07, 6.45) is 1.83. The number of rotatable bonds is 6. The normalized spacial score (nSPS) is 22.4. The van der Waals surface area contributed by atoms with Crippen LogP contribution in [-0.2, 0) is 21.4 Å². The fourth-order valence-electron chi connectivity index (χ4n) is 5.07. The molecule has 3 heterocycles. The molecule has 0 spiro atoms. The van der Waals surface area contributed by atoms with Crippen molar-refractivity contribution >= 4 is 34.1 Å². The Balaban J connectivity index is 1.19. The van der Waals surface area contributed by atoms with Gasteiger partial charge in [-0.15, -0.1) is 11.3 Å². The van der Waals surface area contributed by atoms with Crippen LogP contribution in [0.15, 0.2) is 41.8 Å². The number of amides is 2. The molecule has 2 N–H and O–H groups in total. The van der Waals surface area contributed by atoms with Crippen LogP contribution in [-0.4, -0.2) is 53.6 Å². The van der Waals surface area contributed by atoms with Crippen molar-refractivity contribution in [2.45, 2.75) is 51.2 Å². The van der Waals surface area contributed by atoms with E-state index in [0.29, 0.717) is 16.4 Å². The highest BCUT2D eigenvalue weighted by molar-refractivity contribution is 7.14. The van der Waals surface area contributed by atoms with Gasteiger partial charge in [-0.1, -0.05) is 12.1 Å². The molecular formula is C28H30N6O3S. The number of hydrogen-bond acceptors (Lipinski definition) is 8. The third-order valence-electron chi connectivity index (χ3n) is 7.01. The van der Waals surface area contributed by atoms with Crippen molar-refractivity contribution in [3.63, 3.8) is 0 Å². The Hall–Kier alpha value is -3.81. The number of nitriles is 1. The van der Waals surface area contributed by atoms with E-state index in [2.05, 4.69) is 40.4 Å². The van der Waals surface area contributed by atoms with Gasteiger partial charge in [0.25, 0.3) is 5.91 Å². The molecule has 2 aromatic heterocycles. The minimum Gasteiger partial charge on any atom is -0.372 e.